The topological polar surface area (TPSA) is 16.1 Å². The van der Waals surface area contributed by atoms with Crippen LogP contribution in [0.2, 0.25) is 0 Å². The SMILES string of the molecule is Cc1cccc(N2CCC(CCl)C2)n1. The van der Waals surface area contributed by atoms with E-state index in [0.717, 1.165) is 30.5 Å². The highest BCUT2D eigenvalue weighted by atomic mass is 35.5. The van der Waals surface area contributed by atoms with Crippen LogP contribution < -0.4 is 4.90 Å². The van der Waals surface area contributed by atoms with Crippen molar-refractivity contribution in [1.29, 1.82) is 0 Å². The van der Waals surface area contributed by atoms with Crippen LogP contribution in [0.3, 0.4) is 0 Å². The zero-order valence-corrected chi connectivity index (χ0v) is 9.17. The second kappa shape index (κ2) is 4.18. The van der Waals surface area contributed by atoms with Crippen LogP contribution in [-0.2, 0) is 0 Å². The van der Waals surface area contributed by atoms with E-state index in [2.05, 4.69) is 22.0 Å². The van der Waals surface area contributed by atoms with Crippen LogP contribution in [0.25, 0.3) is 0 Å². The maximum atomic E-state index is 5.84. The van der Waals surface area contributed by atoms with Gasteiger partial charge in [-0.05, 0) is 31.4 Å². The quantitative estimate of drug-likeness (QED) is 0.698. The van der Waals surface area contributed by atoms with E-state index in [1.165, 1.54) is 6.42 Å². The highest BCUT2D eigenvalue weighted by Crippen LogP contribution is 2.22. The molecule has 0 bridgehead atoms. The first-order valence-corrected chi connectivity index (χ1v) is 5.57. The number of hydrogen-bond donors (Lipinski definition) is 0. The molecule has 2 nitrogen and oxygen atoms in total. The first kappa shape index (κ1) is 9.78. The van der Waals surface area contributed by atoms with Crippen molar-refractivity contribution in [2.75, 3.05) is 23.9 Å². The Kier molecular flexibility index (Phi) is 2.92. The van der Waals surface area contributed by atoms with E-state index in [-0.39, 0.29) is 0 Å². The Balaban J connectivity index is 2.09. The van der Waals surface area contributed by atoms with Gasteiger partial charge < -0.3 is 4.90 Å². The summed E-state index contributed by atoms with van der Waals surface area (Å²) in [6.07, 6.45) is 1.19. The number of pyridine rings is 1. The van der Waals surface area contributed by atoms with Gasteiger partial charge in [-0.3, -0.25) is 0 Å². The zero-order chi connectivity index (χ0) is 9.97. The molecule has 14 heavy (non-hydrogen) atoms. The van der Waals surface area contributed by atoms with Gasteiger partial charge in [0.25, 0.3) is 0 Å². The Labute approximate surface area is 89.9 Å². The molecule has 1 aromatic heterocycles. The van der Waals surface area contributed by atoms with E-state index in [4.69, 9.17) is 11.6 Å². The minimum Gasteiger partial charge on any atom is -0.356 e. The van der Waals surface area contributed by atoms with Crippen molar-refractivity contribution >= 4 is 17.4 Å². The van der Waals surface area contributed by atoms with Gasteiger partial charge >= 0.3 is 0 Å². The lowest BCUT2D eigenvalue weighted by atomic mass is 10.2. The van der Waals surface area contributed by atoms with E-state index < -0.39 is 0 Å². The number of nitrogens with zero attached hydrogens (tertiary/aromatic N) is 2. The first-order valence-electron chi connectivity index (χ1n) is 5.04. The van der Waals surface area contributed by atoms with Gasteiger partial charge in [-0.25, -0.2) is 4.98 Å². The normalized spacial score (nSPS) is 21.6. The van der Waals surface area contributed by atoms with E-state index in [9.17, 15) is 0 Å². The number of aromatic nitrogens is 1. The molecule has 1 aliphatic rings. The summed E-state index contributed by atoms with van der Waals surface area (Å²) in [7, 11) is 0. The Morgan fingerprint density at radius 3 is 3.07 bits per heavy atom. The molecular weight excluding hydrogens is 196 g/mol. The fraction of sp³-hybridized carbons (Fsp3) is 0.545. The minimum absolute atomic E-state index is 0.638. The van der Waals surface area contributed by atoms with Gasteiger partial charge in [0.05, 0.1) is 0 Å². The van der Waals surface area contributed by atoms with Gasteiger partial charge in [-0.15, -0.1) is 11.6 Å². The van der Waals surface area contributed by atoms with Crippen molar-refractivity contribution < 1.29 is 0 Å². The van der Waals surface area contributed by atoms with Gasteiger partial charge in [0.1, 0.15) is 5.82 Å². The Bertz CT molecular complexity index is 314. The third-order valence-corrected chi connectivity index (χ3v) is 3.14. The summed E-state index contributed by atoms with van der Waals surface area (Å²) in [6, 6.07) is 6.16. The summed E-state index contributed by atoms with van der Waals surface area (Å²) in [5.41, 5.74) is 1.08. The average Bonchev–Trinajstić information content (AvgIpc) is 2.66. The molecule has 0 N–H and O–H groups in total. The monoisotopic (exact) mass is 210 g/mol. The number of alkyl halides is 1. The van der Waals surface area contributed by atoms with E-state index in [0.29, 0.717) is 5.92 Å². The summed E-state index contributed by atoms with van der Waals surface area (Å²) < 4.78 is 0. The highest BCUT2D eigenvalue weighted by molar-refractivity contribution is 6.18. The van der Waals surface area contributed by atoms with E-state index in [1.807, 2.05) is 13.0 Å². The fourth-order valence-electron chi connectivity index (χ4n) is 1.87. The smallest absolute Gasteiger partial charge is 0.128 e. The van der Waals surface area contributed by atoms with Crippen molar-refractivity contribution in [3.05, 3.63) is 23.9 Å². The Morgan fingerprint density at radius 1 is 1.57 bits per heavy atom. The second-order valence-corrected chi connectivity index (χ2v) is 4.20. The molecule has 0 radical (unpaired) electrons. The Morgan fingerprint density at radius 2 is 2.43 bits per heavy atom. The van der Waals surface area contributed by atoms with Crippen LogP contribution in [0, 0.1) is 12.8 Å². The lowest BCUT2D eigenvalue weighted by Crippen LogP contribution is -2.21. The molecule has 0 saturated carbocycles. The maximum Gasteiger partial charge on any atom is 0.128 e. The summed E-state index contributed by atoms with van der Waals surface area (Å²) >= 11 is 5.84. The van der Waals surface area contributed by atoms with Crippen molar-refractivity contribution in [2.24, 2.45) is 5.92 Å². The van der Waals surface area contributed by atoms with Crippen LogP contribution in [0.15, 0.2) is 18.2 Å². The van der Waals surface area contributed by atoms with Crippen molar-refractivity contribution in [3.8, 4) is 0 Å². The number of anilines is 1. The lowest BCUT2D eigenvalue weighted by Gasteiger charge is -2.17. The van der Waals surface area contributed by atoms with Crippen LogP contribution >= 0.6 is 11.6 Å². The summed E-state index contributed by atoms with van der Waals surface area (Å²) in [5.74, 6) is 2.50. The van der Waals surface area contributed by atoms with Crippen molar-refractivity contribution in [1.82, 2.24) is 4.98 Å². The molecule has 2 rings (SSSR count). The van der Waals surface area contributed by atoms with Crippen molar-refractivity contribution in [2.45, 2.75) is 13.3 Å². The molecule has 1 saturated heterocycles. The number of aryl methyl sites for hydroxylation is 1. The third kappa shape index (κ3) is 2.01. The highest BCUT2D eigenvalue weighted by Gasteiger charge is 2.22. The molecule has 1 unspecified atom stereocenters. The summed E-state index contributed by atoms with van der Waals surface area (Å²) in [4.78, 5) is 6.83. The molecule has 0 spiro atoms. The first-order chi connectivity index (χ1) is 6.79. The molecule has 1 fully saturated rings. The minimum atomic E-state index is 0.638. The van der Waals surface area contributed by atoms with Crippen LogP contribution in [-0.4, -0.2) is 24.0 Å². The number of hydrogen-bond acceptors (Lipinski definition) is 2. The molecule has 1 aliphatic heterocycles. The molecule has 0 amide bonds. The molecule has 1 aromatic rings. The molecule has 2 heterocycles. The fourth-order valence-corrected chi connectivity index (χ4v) is 2.12. The number of rotatable bonds is 2. The van der Waals surface area contributed by atoms with Crippen molar-refractivity contribution in [3.63, 3.8) is 0 Å². The molecule has 3 heteroatoms. The lowest BCUT2D eigenvalue weighted by molar-refractivity contribution is 0.666. The van der Waals surface area contributed by atoms with Crippen LogP contribution in [0.4, 0.5) is 5.82 Å². The maximum absolute atomic E-state index is 5.84. The zero-order valence-electron chi connectivity index (χ0n) is 8.41. The molecule has 1 atom stereocenters. The standard InChI is InChI=1S/C11H15ClN2/c1-9-3-2-4-11(13-9)14-6-5-10(7-12)8-14/h2-4,10H,5-8H2,1H3. The van der Waals surface area contributed by atoms with Gasteiger partial charge in [-0.1, -0.05) is 6.07 Å². The van der Waals surface area contributed by atoms with E-state index in [1.54, 1.807) is 0 Å². The predicted octanol–water partition coefficient (Wildman–Crippen LogP) is 2.46. The second-order valence-electron chi connectivity index (χ2n) is 3.89. The number of halogens is 1. The predicted molar refractivity (Wildman–Crippen MR) is 60.0 cm³/mol. The molecule has 0 aromatic carbocycles. The molecule has 0 aliphatic carbocycles. The third-order valence-electron chi connectivity index (χ3n) is 2.70. The summed E-state index contributed by atoms with van der Waals surface area (Å²) in [6.45, 7) is 4.17. The van der Waals surface area contributed by atoms with Gasteiger partial charge in [0, 0.05) is 24.7 Å². The molecule has 76 valence electrons. The molecular formula is C11H15ClN2. The van der Waals surface area contributed by atoms with Gasteiger partial charge in [-0.2, -0.15) is 0 Å². The van der Waals surface area contributed by atoms with E-state index >= 15 is 0 Å². The van der Waals surface area contributed by atoms with Crippen LogP contribution in [0.5, 0.6) is 0 Å². The van der Waals surface area contributed by atoms with Gasteiger partial charge in [0.15, 0.2) is 0 Å². The van der Waals surface area contributed by atoms with Gasteiger partial charge in [0.2, 0.25) is 0 Å². The Hall–Kier alpha value is -0.760. The largest absolute Gasteiger partial charge is 0.356 e. The average molecular weight is 211 g/mol. The summed E-state index contributed by atoms with van der Waals surface area (Å²) in [5, 5.41) is 0. The van der Waals surface area contributed by atoms with Crippen LogP contribution in [0.1, 0.15) is 12.1 Å².